The molecule has 0 spiro atoms. The molecule has 1 saturated heterocycles. The second-order valence-corrected chi connectivity index (χ2v) is 4.65. The van der Waals surface area contributed by atoms with Gasteiger partial charge in [0.1, 0.15) is 0 Å². The first-order chi connectivity index (χ1) is 8.26. The number of nitrogens with zero attached hydrogens (tertiary/aromatic N) is 1. The lowest BCUT2D eigenvalue weighted by atomic mass is 10.1. The molecule has 2 atom stereocenters. The second kappa shape index (κ2) is 5.52. The average molecular weight is 235 g/mol. The predicted octanol–water partition coefficient (Wildman–Crippen LogP) is 2.18. The maximum Gasteiger partial charge on any atom is 0.0723 e. The van der Waals surface area contributed by atoms with Crippen LogP contribution in [0.25, 0.3) is 0 Å². The van der Waals surface area contributed by atoms with E-state index in [1.807, 2.05) is 18.2 Å². The van der Waals surface area contributed by atoms with Crippen molar-refractivity contribution in [1.29, 1.82) is 0 Å². The molecule has 94 valence electrons. The summed E-state index contributed by atoms with van der Waals surface area (Å²) in [5.74, 6) is 0. The van der Waals surface area contributed by atoms with Gasteiger partial charge in [-0.25, -0.2) is 0 Å². The molecule has 1 aliphatic heterocycles. The lowest BCUT2D eigenvalue weighted by Gasteiger charge is -2.40. The van der Waals surface area contributed by atoms with Gasteiger partial charge in [0, 0.05) is 17.8 Å². The van der Waals surface area contributed by atoms with Crippen LogP contribution in [0.3, 0.4) is 0 Å². The van der Waals surface area contributed by atoms with E-state index in [4.69, 9.17) is 4.74 Å². The number of aliphatic hydroxyl groups excluding tert-OH is 1. The first-order valence-electron chi connectivity index (χ1n) is 6.33. The van der Waals surface area contributed by atoms with Gasteiger partial charge in [-0.05, 0) is 19.4 Å². The minimum Gasteiger partial charge on any atom is -0.392 e. The van der Waals surface area contributed by atoms with Gasteiger partial charge >= 0.3 is 0 Å². The van der Waals surface area contributed by atoms with Crippen molar-refractivity contribution in [2.75, 3.05) is 18.1 Å². The van der Waals surface area contributed by atoms with Gasteiger partial charge in [0.2, 0.25) is 0 Å². The maximum absolute atomic E-state index is 9.42. The van der Waals surface area contributed by atoms with E-state index in [9.17, 15) is 5.11 Å². The standard InChI is InChI=1S/C14H21NO2/c1-3-13-10-17-11(2)8-15(13)14-7-5-4-6-12(14)9-16/h4-7,11,13,16H,3,8-10H2,1-2H3. The Labute approximate surface area is 103 Å². The normalized spacial score (nSPS) is 25.0. The van der Waals surface area contributed by atoms with Crippen LogP contribution >= 0.6 is 0 Å². The quantitative estimate of drug-likeness (QED) is 0.871. The van der Waals surface area contributed by atoms with Crippen molar-refractivity contribution in [3.8, 4) is 0 Å². The lowest BCUT2D eigenvalue weighted by molar-refractivity contribution is 0.0298. The number of hydrogen-bond donors (Lipinski definition) is 1. The largest absolute Gasteiger partial charge is 0.392 e. The Kier molecular flexibility index (Phi) is 4.02. The van der Waals surface area contributed by atoms with E-state index < -0.39 is 0 Å². The van der Waals surface area contributed by atoms with Crippen molar-refractivity contribution in [3.05, 3.63) is 29.8 Å². The first kappa shape index (κ1) is 12.4. The predicted molar refractivity (Wildman–Crippen MR) is 69.2 cm³/mol. The van der Waals surface area contributed by atoms with Crippen LogP contribution in [0.4, 0.5) is 5.69 Å². The number of morpholine rings is 1. The highest BCUT2D eigenvalue weighted by Crippen LogP contribution is 2.26. The Balaban J connectivity index is 2.28. The molecule has 0 amide bonds. The molecular weight excluding hydrogens is 214 g/mol. The SMILES string of the molecule is CCC1COC(C)CN1c1ccccc1CO. The summed E-state index contributed by atoms with van der Waals surface area (Å²) in [5, 5.41) is 9.42. The number of ether oxygens (including phenoxy) is 1. The van der Waals surface area contributed by atoms with Crippen LogP contribution in [-0.4, -0.2) is 30.4 Å². The van der Waals surface area contributed by atoms with Crippen molar-refractivity contribution in [1.82, 2.24) is 0 Å². The van der Waals surface area contributed by atoms with Crippen molar-refractivity contribution in [2.45, 2.75) is 39.0 Å². The summed E-state index contributed by atoms with van der Waals surface area (Å²) < 4.78 is 5.70. The number of benzene rings is 1. The zero-order valence-electron chi connectivity index (χ0n) is 10.6. The van der Waals surface area contributed by atoms with Gasteiger partial charge in [-0.15, -0.1) is 0 Å². The average Bonchev–Trinajstić information content (AvgIpc) is 2.38. The summed E-state index contributed by atoms with van der Waals surface area (Å²) in [6.07, 6.45) is 1.32. The summed E-state index contributed by atoms with van der Waals surface area (Å²) in [6.45, 7) is 6.05. The van der Waals surface area contributed by atoms with E-state index in [-0.39, 0.29) is 12.7 Å². The number of anilines is 1. The van der Waals surface area contributed by atoms with Gasteiger partial charge in [0.25, 0.3) is 0 Å². The third-order valence-corrected chi connectivity index (χ3v) is 3.41. The Morgan fingerprint density at radius 1 is 1.41 bits per heavy atom. The third kappa shape index (κ3) is 2.61. The molecule has 3 nitrogen and oxygen atoms in total. The molecule has 0 saturated carbocycles. The zero-order chi connectivity index (χ0) is 12.3. The molecule has 1 aliphatic rings. The summed E-state index contributed by atoms with van der Waals surface area (Å²) in [7, 11) is 0. The van der Waals surface area contributed by atoms with Gasteiger partial charge in [-0.1, -0.05) is 25.1 Å². The summed E-state index contributed by atoms with van der Waals surface area (Å²) in [4.78, 5) is 2.37. The second-order valence-electron chi connectivity index (χ2n) is 4.65. The van der Waals surface area contributed by atoms with Crippen LogP contribution in [0.15, 0.2) is 24.3 Å². The van der Waals surface area contributed by atoms with Crippen molar-refractivity contribution in [3.63, 3.8) is 0 Å². The maximum atomic E-state index is 9.42. The van der Waals surface area contributed by atoms with E-state index in [1.54, 1.807) is 0 Å². The molecule has 0 aliphatic carbocycles. The highest BCUT2D eigenvalue weighted by Gasteiger charge is 2.26. The fraction of sp³-hybridized carbons (Fsp3) is 0.571. The topological polar surface area (TPSA) is 32.7 Å². The fourth-order valence-electron chi connectivity index (χ4n) is 2.40. The number of aliphatic hydroxyl groups is 1. The molecule has 1 heterocycles. The highest BCUT2D eigenvalue weighted by molar-refractivity contribution is 5.54. The Morgan fingerprint density at radius 2 is 2.18 bits per heavy atom. The van der Waals surface area contributed by atoms with Gasteiger partial charge in [-0.3, -0.25) is 0 Å². The third-order valence-electron chi connectivity index (χ3n) is 3.41. The molecule has 0 aromatic heterocycles. The summed E-state index contributed by atoms with van der Waals surface area (Å²) in [5.41, 5.74) is 2.15. The monoisotopic (exact) mass is 235 g/mol. The first-order valence-corrected chi connectivity index (χ1v) is 6.33. The molecule has 17 heavy (non-hydrogen) atoms. The molecule has 0 bridgehead atoms. The number of rotatable bonds is 3. The molecular formula is C14H21NO2. The van der Waals surface area contributed by atoms with Gasteiger partial charge in [0.15, 0.2) is 0 Å². The minimum absolute atomic E-state index is 0.0956. The molecule has 1 aromatic carbocycles. The van der Waals surface area contributed by atoms with Crippen LogP contribution in [0.1, 0.15) is 25.8 Å². The van der Waals surface area contributed by atoms with Crippen LogP contribution in [0.2, 0.25) is 0 Å². The number of para-hydroxylation sites is 1. The lowest BCUT2D eigenvalue weighted by Crippen LogP contribution is -2.49. The number of hydrogen-bond acceptors (Lipinski definition) is 3. The molecule has 1 aromatic rings. The highest BCUT2D eigenvalue weighted by atomic mass is 16.5. The fourth-order valence-corrected chi connectivity index (χ4v) is 2.40. The minimum atomic E-state index is 0.0956. The Bertz CT molecular complexity index is 367. The van der Waals surface area contributed by atoms with Gasteiger partial charge in [0.05, 0.1) is 25.4 Å². The summed E-state index contributed by atoms with van der Waals surface area (Å²) in [6, 6.07) is 8.49. The summed E-state index contributed by atoms with van der Waals surface area (Å²) >= 11 is 0. The van der Waals surface area contributed by atoms with Gasteiger partial charge in [-0.2, -0.15) is 0 Å². The van der Waals surface area contributed by atoms with Crippen molar-refractivity contribution >= 4 is 5.69 Å². The smallest absolute Gasteiger partial charge is 0.0723 e. The van der Waals surface area contributed by atoms with E-state index in [2.05, 4.69) is 24.8 Å². The molecule has 2 rings (SSSR count). The van der Waals surface area contributed by atoms with Crippen molar-refractivity contribution in [2.24, 2.45) is 0 Å². The van der Waals surface area contributed by atoms with Crippen LogP contribution in [-0.2, 0) is 11.3 Å². The molecule has 2 unspecified atom stereocenters. The van der Waals surface area contributed by atoms with E-state index in [0.29, 0.717) is 6.04 Å². The van der Waals surface area contributed by atoms with Crippen molar-refractivity contribution < 1.29 is 9.84 Å². The molecule has 1 fully saturated rings. The van der Waals surface area contributed by atoms with Gasteiger partial charge < -0.3 is 14.7 Å². The van der Waals surface area contributed by atoms with Crippen LogP contribution in [0.5, 0.6) is 0 Å². The zero-order valence-corrected chi connectivity index (χ0v) is 10.6. The molecule has 1 N–H and O–H groups in total. The van der Waals surface area contributed by atoms with Crippen LogP contribution in [0, 0.1) is 0 Å². The molecule has 3 heteroatoms. The Morgan fingerprint density at radius 3 is 2.88 bits per heavy atom. The van der Waals surface area contributed by atoms with E-state index >= 15 is 0 Å². The van der Waals surface area contributed by atoms with Crippen LogP contribution < -0.4 is 4.90 Å². The van der Waals surface area contributed by atoms with E-state index in [0.717, 1.165) is 30.8 Å². The Hall–Kier alpha value is -1.06. The molecule has 0 radical (unpaired) electrons. The van der Waals surface area contributed by atoms with E-state index in [1.165, 1.54) is 0 Å².